The number of fused-ring (bicyclic) bond motifs is 1. The summed E-state index contributed by atoms with van der Waals surface area (Å²) in [6.07, 6.45) is 4.83. The Labute approximate surface area is 162 Å². The first kappa shape index (κ1) is 18.4. The van der Waals surface area contributed by atoms with Gasteiger partial charge in [-0.15, -0.1) is 0 Å². The van der Waals surface area contributed by atoms with Gasteiger partial charge >= 0.3 is 0 Å². The first-order valence-corrected chi connectivity index (χ1v) is 9.15. The Morgan fingerprint density at radius 3 is 2.57 bits per heavy atom. The van der Waals surface area contributed by atoms with Crippen LogP contribution in [0.5, 0.6) is 0 Å². The molecule has 3 aromatic heterocycles. The van der Waals surface area contributed by atoms with E-state index in [0.717, 1.165) is 42.5 Å². The summed E-state index contributed by atoms with van der Waals surface area (Å²) in [6.45, 7) is 4.06. The van der Waals surface area contributed by atoms with Gasteiger partial charge in [0.05, 0.1) is 12.2 Å². The van der Waals surface area contributed by atoms with Crippen LogP contribution >= 0.6 is 0 Å². The van der Waals surface area contributed by atoms with Crippen LogP contribution in [0.15, 0.2) is 42.9 Å². The van der Waals surface area contributed by atoms with E-state index in [9.17, 15) is 9.18 Å². The lowest BCUT2D eigenvalue weighted by Crippen LogP contribution is -2.47. The Kier molecular flexibility index (Phi) is 5.23. The van der Waals surface area contributed by atoms with Gasteiger partial charge in [0.1, 0.15) is 5.82 Å². The molecule has 1 aliphatic heterocycles. The van der Waals surface area contributed by atoms with Gasteiger partial charge in [-0.1, -0.05) is 0 Å². The van der Waals surface area contributed by atoms with E-state index in [1.54, 1.807) is 18.5 Å². The zero-order valence-corrected chi connectivity index (χ0v) is 15.6. The fourth-order valence-corrected chi connectivity index (χ4v) is 3.18. The molecule has 1 N–H and O–H groups in total. The van der Waals surface area contributed by atoms with Crippen molar-refractivity contribution in [2.45, 2.75) is 0 Å². The molecule has 1 amide bonds. The zero-order chi connectivity index (χ0) is 19.5. The normalized spacial score (nSPS) is 15.6. The molecule has 28 heavy (non-hydrogen) atoms. The highest BCUT2D eigenvalue weighted by Gasteiger charge is 2.16. The SMILES string of the molecule is CN1CCN(CC(=O)Nc2cc3cc(-c4ccc(F)nc4)ncc3cn2)CC1. The van der Waals surface area contributed by atoms with Crippen LogP contribution in [0, 0.1) is 5.95 Å². The largest absolute Gasteiger partial charge is 0.310 e. The van der Waals surface area contributed by atoms with Crippen molar-refractivity contribution in [3.8, 4) is 11.3 Å². The number of amides is 1. The van der Waals surface area contributed by atoms with Crippen molar-refractivity contribution in [2.24, 2.45) is 0 Å². The minimum atomic E-state index is -0.529. The number of rotatable bonds is 4. The maximum Gasteiger partial charge on any atom is 0.239 e. The molecule has 7 nitrogen and oxygen atoms in total. The van der Waals surface area contributed by atoms with Crippen molar-refractivity contribution < 1.29 is 9.18 Å². The molecule has 0 radical (unpaired) electrons. The lowest BCUT2D eigenvalue weighted by Gasteiger charge is -2.31. The number of halogens is 1. The molecule has 3 aromatic rings. The number of likely N-dealkylation sites (N-methyl/N-ethyl adjacent to an activating group) is 1. The third-order valence-electron chi connectivity index (χ3n) is 4.86. The zero-order valence-electron chi connectivity index (χ0n) is 15.6. The van der Waals surface area contributed by atoms with Crippen molar-refractivity contribution in [3.63, 3.8) is 0 Å². The molecule has 4 rings (SSSR count). The molecule has 0 saturated carbocycles. The predicted octanol–water partition coefficient (Wildman–Crippen LogP) is 2.02. The summed E-state index contributed by atoms with van der Waals surface area (Å²) in [4.78, 5) is 29.1. The van der Waals surface area contributed by atoms with Crippen LogP contribution in [0.1, 0.15) is 0 Å². The van der Waals surface area contributed by atoms with E-state index in [1.807, 2.05) is 12.1 Å². The Morgan fingerprint density at radius 2 is 1.82 bits per heavy atom. The van der Waals surface area contributed by atoms with Gasteiger partial charge < -0.3 is 10.2 Å². The molecule has 1 fully saturated rings. The van der Waals surface area contributed by atoms with E-state index >= 15 is 0 Å². The Bertz CT molecular complexity index is 986. The van der Waals surface area contributed by atoms with Crippen molar-refractivity contribution in [1.82, 2.24) is 24.8 Å². The molecule has 0 atom stereocenters. The van der Waals surface area contributed by atoms with Gasteiger partial charge in [0.2, 0.25) is 11.9 Å². The van der Waals surface area contributed by atoms with Crippen molar-refractivity contribution >= 4 is 22.5 Å². The van der Waals surface area contributed by atoms with E-state index in [-0.39, 0.29) is 5.91 Å². The van der Waals surface area contributed by atoms with Crippen LogP contribution in [0.3, 0.4) is 0 Å². The summed E-state index contributed by atoms with van der Waals surface area (Å²) >= 11 is 0. The number of carbonyl (C=O) groups excluding carboxylic acids is 1. The molecule has 0 aromatic carbocycles. The number of hydrogen-bond acceptors (Lipinski definition) is 6. The highest BCUT2D eigenvalue weighted by Crippen LogP contribution is 2.22. The van der Waals surface area contributed by atoms with Crippen LogP contribution in [0.4, 0.5) is 10.2 Å². The summed E-state index contributed by atoms with van der Waals surface area (Å²) in [6, 6.07) is 6.63. The first-order valence-electron chi connectivity index (χ1n) is 9.15. The highest BCUT2D eigenvalue weighted by atomic mass is 19.1. The molecular weight excluding hydrogens is 359 g/mol. The molecule has 0 bridgehead atoms. The molecule has 0 unspecified atom stereocenters. The molecule has 0 spiro atoms. The van der Waals surface area contributed by atoms with E-state index in [4.69, 9.17) is 0 Å². The topological polar surface area (TPSA) is 74.2 Å². The molecule has 1 aliphatic rings. The van der Waals surface area contributed by atoms with Gasteiger partial charge in [-0.25, -0.2) is 9.97 Å². The number of hydrogen-bond donors (Lipinski definition) is 1. The quantitative estimate of drug-likeness (QED) is 0.698. The van der Waals surface area contributed by atoms with Gasteiger partial charge in [0.25, 0.3) is 0 Å². The molecule has 144 valence electrons. The number of anilines is 1. The van der Waals surface area contributed by atoms with E-state index in [1.165, 1.54) is 12.3 Å². The Hall–Kier alpha value is -2.97. The average molecular weight is 380 g/mol. The van der Waals surface area contributed by atoms with Crippen LogP contribution in [-0.2, 0) is 4.79 Å². The van der Waals surface area contributed by atoms with Gasteiger partial charge in [-0.3, -0.25) is 14.7 Å². The van der Waals surface area contributed by atoms with Crippen LogP contribution in [0.25, 0.3) is 22.0 Å². The fourth-order valence-electron chi connectivity index (χ4n) is 3.18. The summed E-state index contributed by atoms with van der Waals surface area (Å²) in [7, 11) is 2.08. The average Bonchev–Trinajstić information content (AvgIpc) is 2.70. The lowest BCUT2D eigenvalue weighted by atomic mass is 10.1. The number of nitrogens with one attached hydrogen (secondary N) is 1. The third kappa shape index (κ3) is 4.29. The molecule has 1 saturated heterocycles. The van der Waals surface area contributed by atoms with Crippen molar-refractivity contribution in [1.29, 1.82) is 0 Å². The number of carbonyl (C=O) groups is 1. The molecular formula is C20H21FN6O. The summed E-state index contributed by atoms with van der Waals surface area (Å²) in [5.41, 5.74) is 1.40. The van der Waals surface area contributed by atoms with Crippen molar-refractivity contribution in [3.05, 3.63) is 48.8 Å². The predicted molar refractivity (Wildman–Crippen MR) is 105 cm³/mol. The summed E-state index contributed by atoms with van der Waals surface area (Å²) < 4.78 is 13.0. The second kappa shape index (κ2) is 7.95. The second-order valence-corrected chi connectivity index (χ2v) is 6.98. The Morgan fingerprint density at radius 1 is 1.04 bits per heavy atom. The highest BCUT2D eigenvalue weighted by molar-refractivity contribution is 5.94. The Balaban J connectivity index is 1.48. The number of aromatic nitrogens is 3. The summed E-state index contributed by atoms with van der Waals surface area (Å²) in [5, 5.41) is 4.62. The van der Waals surface area contributed by atoms with Gasteiger partial charge in [0.15, 0.2) is 0 Å². The van der Waals surface area contributed by atoms with Crippen molar-refractivity contribution in [2.75, 3.05) is 45.1 Å². The fraction of sp³-hybridized carbons (Fsp3) is 0.300. The van der Waals surface area contributed by atoms with E-state index in [2.05, 4.69) is 37.1 Å². The second-order valence-electron chi connectivity index (χ2n) is 6.98. The number of pyridine rings is 3. The smallest absolute Gasteiger partial charge is 0.239 e. The standard InChI is InChI=1S/C20H21FN6O/c1-26-4-6-27(7-5-26)13-20(28)25-19-9-15-8-17(22-11-16(15)12-24-19)14-2-3-18(21)23-10-14/h2-3,8-12H,4-7,13H2,1H3,(H,24,25,28). The maximum atomic E-state index is 13.0. The number of piperazine rings is 1. The molecule has 4 heterocycles. The molecule has 8 heteroatoms. The van der Waals surface area contributed by atoms with Gasteiger partial charge in [-0.05, 0) is 36.7 Å². The molecule has 0 aliphatic carbocycles. The summed E-state index contributed by atoms with van der Waals surface area (Å²) in [5.74, 6) is -0.103. The third-order valence-corrected chi connectivity index (χ3v) is 4.86. The van der Waals surface area contributed by atoms with Crippen LogP contribution < -0.4 is 5.32 Å². The minimum absolute atomic E-state index is 0.0755. The van der Waals surface area contributed by atoms with Gasteiger partial charge in [-0.2, -0.15) is 4.39 Å². The lowest BCUT2D eigenvalue weighted by molar-refractivity contribution is -0.117. The van der Waals surface area contributed by atoms with Crippen LogP contribution in [-0.4, -0.2) is 70.4 Å². The van der Waals surface area contributed by atoms with Crippen LogP contribution in [0.2, 0.25) is 0 Å². The van der Waals surface area contributed by atoms with E-state index in [0.29, 0.717) is 18.1 Å². The van der Waals surface area contributed by atoms with E-state index < -0.39 is 5.95 Å². The van der Waals surface area contributed by atoms with Gasteiger partial charge in [0, 0.05) is 55.7 Å². The number of nitrogens with zero attached hydrogens (tertiary/aromatic N) is 5. The maximum absolute atomic E-state index is 13.0. The minimum Gasteiger partial charge on any atom is -0.310 e. The monoisotopic (exact) mass is 380 g/mol. The first-order chi connectivity index (χ1) is 13.6.